The number of Topliss-reactive ketones (excluding diaryl/α,β-unsaturated/α-hetero) is 1. The molecule has 16 heavy (non-hydrogen) atoms. The van der Waals surface area contributed by atoms with E-state index in [2.05, 4.69) is 0 Å². The predicted octanol–water partition coefficient (Wildman–Crippen LogP) is 2.52. The SMILES string of the molecule is NC1(c2ccccc2OCl)CCCCC1=O. The third-order valence-electron chi connectivity index (χ3n) is 3.17. The maximum atomic E-state index is 12.0. The zero-order chi connectivity index (χ0) is 11.6. The molecule has 1 atom stereocenters. The van der Waals surface area contributed by atoms with Gasteiger partial charge in [-0.3, -0.25) is 4.79 Å². The largest absolute Gasteiger partial charge is 0.385 e. The summed E-state index contributed by atoms with van der Waals surface area (Å²) in [5.41, 5.74) is 5.97. The molecule has 0 heterocycles. The van der Waals surface area contributed by atoms with E-state index in [0.29, 0.717) is 24.2 Å². The van der Waals surface area contributed by atoms with Crippen molar-refractivity contribution in [3.8, 4) is 5.75 Å². The summed E-state index contributed by atoms with van der Waals surface area (Å²) in [7, 11) is 0. The highest BCUT2D eigenvalue weighted by Gasteiger charge is 2.39. The maximum Gasteiger partial charge on any atom is 0.157 e. The van der Waals surface area contributed by atoms with Crippen molar-refractivity contribution < 1.29 is 9.08 Å². The van der Waals surface area contributed by atoms with Crippen LogP contribution in [-0.4, -0.2) is 5.78 Å². The van der Waals surface area contributed by atoms with Gasteiger partial charge in [0.1, 0.15) is 17.4 Å². The van der Waals surface area contributed by atoms with Crippen LogP contribution >= 0.6 is 11.9 Å². The van der Waals surface area contributed by atoms with Crippen molar-refractivity contribution >= 4 is 17.6 Å². The number of hydrogen-bond acceptors (Lipinski definition) is 3. The molecule has 1 saturated carbocycles. The van der Waals surface area contributed by atoms with E-state index in [1.165, 1.54) is 0 Å². The van der Waals surface area contributed by atoms with Gasteiger partial charge in [-0.15, -0.1) is 0 Å². The standard InChI is InChI=1S/C12H14ClNO2/c13-16-10-6-2-1-5-9(10)12(14)8-4-3-7-11(12)15/h1-2,5-6H,3-4,7-8,14H2. The Labute approximate surface area is 99.7 Å². The molecule has 1 fully saturated rings. The second-order valence-corrected chi connectivity index (χ2v) is 4.33. The molecule has 0 aliphatic heterocycles. The molecule has 86 valence electrons. The van der Waals surface area contributed by atoms with Gasteiger partial charge in [-0.25, -0.2) is 0 Å². The summed E-state index contributed by atoms with van der Waals surface area (Å²) in [6.45, 7) is 0. The molecule has 0 amide bonds. The van der Waals surface area contributed by atoms with Crippen molar-refractivity contribution in [3.05, 3.63) is 29.8 Å². The van der Waals surface area contributed by atoms with Gasteiger partial charge in [0, 0.05) is 12.0 Å². The van der Waals surface area contributed by atoms with Gasteiger partial charge in [-0.05, 0) is 18.9 Å². The summed E-state index contributed by atoms with van der Waals surface area (Å²) < 4.78 is 4.75. The number of ketones is 1. The number of nitrogens with two attached hydrogens (primary N) is 1. The van der Waals surface area contributed by atoms with E-state index in [1.807, 2.05) is 6.07 Å². The molecular formula is C12H14ClNO2. The second kappa shape index (κ2) is 4.44. The molecule has 3 nitrogen and oxygen atoms in total. The van der Waals surface area contributed by atoms with Crippen molar-refractivity contribution in [1.29, 1.82) is 0 Å². The summed E-state index contributed by atoms with van der Waals surface area (Å²) in [5.74, 6) is 0.543. The van der Waals surface area contributed by atoms with E-state index < -0.39 is 5.54 Å². The fourth-order valence-corrected chi connectivity index (χ4v) is 2.37. The topological polar surface area (TPSA) is 52.3 Å². The molecule has 0 radical (unpaired) electrons. The molecule has 1 unspecified atom stereocenters. The van der Waals surface area contributed by atoms with Gasteiger partial charge in [0.2, 0.25) is 0 Å². The Morgan fingerprint density at radius 3 is 2.75 bits per heavy atom. The lowest BCUT2D eigenvalue weighted by Crippen LogP contribution is -2.47. The maximum absolute atomic E-state index is 12.0. The van der Waals surface area contributed by atoms with Crippen LogP contribution in [0.4, 0.5) is 0 Å². The molecule has 0 bridgehead atoms. The minimum absolute atomic E-state index is 0.0694. The van der Waals surface area contributed by atoms with Crippen LogP contribution in [-0.2, 0) is 10.3 Å². The van der Waals surface area contributed by atoms with Crippen LogP contribution in [0.3, 0.4) is 0 Å². The normalized spacial score (nSPS) is 25.5. The first-order valence-corrected chi connectivity index (χ1v) is 5.69. The van der Waals surface area contributed by atoms with Crippen LogP contribution in [0.2, 0.25) is 0 Å². The zero-order valence-corrected chi connectivity index (χ0v) is 9.67. The van der Waals surface area contributed by atoms with E-state index in [9.17, 15) is 4.79 Å². The van der Waals surface area contributed by atoms with Gasteiger partial charge < -0.3 is 10.0 Å². The van der Waals surface area contributed by atoms with Crippen molar-refractivity contribution in [2.24, 2.45) is 5.73 Å². The summed E-state index contributed by atoms with van der Waals surface area (Å²) in [6, 6.07) is 7.17. The number of halogens is 1. The van der Waals surface area contributed by atoms with Gasteiger partial charge >= 0.3 is 0 Å². The lowest BCUT2D eigenvalue weighted by Gasteiger charge is -2.32. The van der Waals surface area contributed by atoms with E-state index in [1.54, 1.807) is 18.2 Å². The molecule has 1 aromatic rings. The third-order valence-corrected chi connectivity index (χ3v) is 3.34. The Morgan fingerprint density at radius 2 is 2.06 bits per heavy atom. The Morgan fingerprint density at radius 1 is 1.31 bits per heavy atom. The number of carbonyl (C=O) groups is 1. The molecule has 0 spiro atoms. The first kappa shape index (κ1) is 11.4. The van der Waals surface area contributed by atoms with E-state index in [-0.39, 0.29) is 5.78 Å². The van der Waals surface area contributed by atoms with Gasteiger partial charge in [-0.2, -0.15) is 0 Å². The predicted molar refractivity (Wildman–Crippen MR) is 62.3 cm³/mol. The third kappa shape index (κ3) is 1.81. The monoisotopic (exact) mass is 239 g/mol. The molecule has 1 aliphatic rings. The number of benzene rings is 1. The Balaban J connectivity index is 2.44. The first-order valence-electron chi connectivity index (χ1n) is 5.39. The Hall–Kier alpha value is -1.06. The number of rotatable bonds is 2. The fourth-order valence-electron chi connectivity index (χ4n) is 2.24. The quantitative estimate of drug-likeness (QED) is 0.863. The van der Waals surface area contributed by atoms with Crippen molar-refractivity contribution in [3.63, 3.8) is 0 Å². The molecule has 2 N–H and O–H groups in total. The number of hydrogen-bond donors (Lipinski definition) is 1. The molecule has 1 aromatic carbocycles. The minimum atomic E-state index is -0.927. The van der Waals surface area contributed by atoms with Crippen molar-refractivity contribution in [1.82, 2.24) is 0 Å². The summed E-state index contributed by atoms with van der Waals surface area (Å²) >= 11 is 5.39. The smallest absolute Gasteiger partial charge is 0.157 e. The Kier molecular flexibility index (Phi) is 3.17. The molecule has 4 heteroatoms. The molecular weight excluding hydrogens is 226 g/mol. The molecule has 2 rings (SSSR count). The lowest BCUT2D eigenvalue weighted by molar-refractivity contribution is -0.126. The minimum Gasteiger partial charge on any atom is -0.385 e. The van der Waals surface area contributed by atoms with Crippen LogP contribution in [0.15, 0.2) is 24.3 Å². The fraction of sp³-hybridized carbons (Fsp3) is 0.417. The zero-order valence-electron chi connectivity index (χ0n) is 8.91. The van der Waals surface area contributed by atoms with E-state index in [0.717, 1.165) is 12.8 Å². The summed E-state index contributed by atoms with van der Waals surface area (Å²) in [5, 5.41) is 0. The van der Waals surface area contributed by atoms with Gasteiger partial charge in [0.05, 0.1) is 0 Å². The van der Waals surface area contributed by atoms with Gasteiger partial charge in [-0.1, -0.05) is 24.6 Å². The van der Waals surface area contributed by atoms with Gasteiger partial charge in [0.15, 0.2) is 11.5 Å². The van der Waals surface area contributed by atoms with Crippen LogP contribution in [0, 0.1) is 0 Å². The number of carbonyl (C=O) groups excluding carboxylic acids is 1. The second-order valence-electron chi connectivity index (χ2n) is 4.17. The van der Waals surface area contributed by atoms with Crippen molar-refractivity contribution in [2.75, 3.05) is 0 Å². The van der Waals surface area contributed by atoms with E-state index in [4.69, 9.17) is 21.9 Å². The average Bonchev–Trinajstić information content (AvgIpc) is 2.33. The van der Waals surface area contributed by atoms with E-state index >= 15 is 0 Å². The highest BCUT2D eigenvalue weighted by Crippen LogP contribution is 2.37. The lowest BCUT2D eigenvalue weighted by atomic mass is 9.76. The molecule has 1 aliphatic carbocycles. The van der Waals surface area contributed by atoms with Crippen LogP contribution < -0.4 is 10.0 Å². The van der Waals surface area contributed by atoms with Crippen LogP contribution in [0.1, 0.15) is 31.2 Å². The molecule has 0 aromatic heterocycles. The first-order chi connectivity index (χ1) is 7.68. The van der Waals surface area contributed by atoms with Crippen LogP contribution in [0.5, 0.6) is 5.75 Å². The average molecular weight is 240 g/mol. The summed E-state index contributed by atoms with van der Waals surface area (Å²) in [4.78, 5) is 12.0. The van der Waals surface area contributed by atoms with Crippen LogP contribution in [0.25, 0.3) is 0 Å². The highest BCUT2D eigenvalue weighted by atomic mass is 35.5. The highest BCUT2D eigenvalue weighted by molar-refractivity contribution is 6.09. The van der Waals surface area contributed by atoms with Crippen molar-refractivity contribution in [2.45, 2.75) is 31.2 Å². The van der Waals surface area contributed by atoms with Gasteiger partial charge in [0.25, 0.3) is 0 Å². The summed E-state index contributed by atoms with van der Waals surface area (Å²) in [6.07, 6.45) is 3.07. The Bertz CT molecular complexity index is 408. The number of para-hydroxylation sites is 1. The molecule has 0 saturated heterocycles.